The molecule has 1 amide bonds. The maximum absolute atomic E-state index is 11.8. The van der Waals surface area contributed by atoms with E-state index in [1.807, 2.05) is 11.6 Å². The quantitative estimate of drug-likeness (QED) is 0.798. The molecule has 1 rings (SSSR count). The van der Waals surface area contributed by atoms with Crippen molar-refractivity contribution >= 4 is 41.6 Å². The van der Waals surface area contributed by atoms with Gasteiger partial charge in [-0.15, -0.1) is 24.0 Å². The molecule has 5 heteroatoms. The van der Waals surface area contributed by atoms with Crippen LogP contribution >= 0.6 is 35.7 Å². The lowest BCUT2D eigenvalue weighted by Gasteiger charge is -2.14. The Bertz CT molecular complexity index is 324. The molecule has 1 heterocycles. The first-order valence-electron chi connectivity index (χ1n) is 4.74. The molecule has 0 aliphatic heterocycles. The van der Waals surface area contributed by atoms with Gasteiger partial charge in [-0.3, -0.25) is 4.79 Å². The number of carbonyl (C=O) groups excluding carboxylic acids is 1. The molecule has 0 radical (unpaired) electrons. The molecule has 0 saturated heterocycles. The van der Waals surface area contributed by atoms with Gasteiger partial charge in [0.2, 0.25) is 0 Å². The van der Waals surface area contributed by atoms with E-state index < -0.39 is 0 Å². The molecule has 1 atom stereocenters. The minimum Gasteiger partial charge on any atom is -0.348 e. The lowest BCUT2D eigenvalue weighted by Crippen LogP contribution is -2.35. The largest absolute Gasteiger partial charge is 0.348 e. The van der Waals surface area contributed by atoms with Crippen molar-refractivity contribution in [2.45, 2.75) is 24.3 Å². The number of thiophene rings is 1. The van der Waals surface area contributed by atoms with Crippen LogP contribution in [0.1, 0.15) is 23.0 Å². The average molecular weight is 261 g/mol. The molecule has 0 aliphatic rings. The van der Waals surface area contributed by atoms with Crippen LogP contribution in [0.3, 0.4) is 0 Å². The normalized spacial score (nSPS) is 12.5. The second kappa shape index (κ2) is 6.45. The number of amides is 1. The van der Waals surface area contributed by atoms with Crippen molar-refractivity contribution in [1.82, 2.24) is 5.32 Å². The topological polar surface area (TPSA) is 29.1 Å². The van der Waals surface area contributed by atoms with E-state index in [-0.39, 0.29) is 11.9 Å². The number of carbonyl (C=O) groups is 1. The highest BCUT2D eigenvalue weighted by molar-refractivity contribution is 7.98. The molecule has 1 N–H and O–H groups in total. The molecule has 0 aromatic carbocycles. The van der Waals surface area contributed by atoms with Gasteiger partial charge < -0.3 is 5.32 Å². The summed E-state index contributed by atoms with van der Waals surface area (Å²) in [5.41, 5.74) is 0. The molecule has 15 heavy (non-hydrogen) atoms. The molecule has 0 spiro atoms. The summed E-state index contributed by atoms with van der Waals surface area (Å²) in [6, 6.07) is 2.06. The van der Waals surface area contributed by atoms with Crippen molar-refractivity contribution in [1.29, 1.82) is 0 Å². The summed E-state index contributed by atoms with van der Waals surface area (Å²) in [6.07, 6.45) is 3.01. The van der Waals surface area contributed by atoms with Crippen molar-refractivity contribution in [2.75, 3.05) is 12.0 Å². The summed E-state index contributed by atoms with van der Waals surface area (Å²) in [5.74, 6) is 0.975. The van der Waals surface area contributed by atoms with E-state index >= 15 is 0 Å². The van der Waals surface area contributed by atoms with E-state index in [0.717, 1.165) is 21.9 Å². The van der Waals surface area contributed by atoms with Crippen molar-refractivity contribution in [3.63, 3.8) is 0 Å². The summed E-state index contributed by atoms with van der Waals surface area (Å²) in [4.78, 5) is 13.3. The van der Waals surface area contributed by atoms with E-state index in [1.54, 1.807) is 17.8 Å². The van der Waals surface area contributed by atoms with Gasteiger partial charge in [0.25, 0.3) is 5.91 Å². The first-order valence-corrected chi connectivity index (χ1v) is 7.46. The molecule has 2 nitrogen and oxygen atoms in total. The molecule has 0 bridgehead atoms. The lowest BCUT2D eigenvalue weighted by molar-refractivity contribution is 0.0944. The van der Waals surface area contributed by atoms with Gasteiger partial charge in [-0.2, -0.15) is 11.8 Å². The van der Waals surface area contributed by atoms with Crippen LogP contribution in [0, 0.1) is 0 Å². The van der Waals surface area contributed by atoms with Gasteiger partial charge in [0.1, 0.15) is 0 Å². The fourth-order valence-corrected chi connectivity index (χ4v) is 2.94. The maximum Gasteiger partial charge on any atom is 0.261 e. The number of hydrogen-bond donors (Lipinski definition) is 2. The van der Waals surface area contributed by atoms with Crippen LogP contribution in [0.2, 0.25) is 0 Å². The molecule has 1 aromatic heterocycles. The Balaban J connectivity index is 2.54. The zero-order valence-corrected chi connectivity index (χ0v) is 11.3. The number of rotatable bonds is 5. The highest BCUT2D eigenvalue weighted by atomic mass is 32.2. The zero-order chi connectivity index (χ0) is 11.3. The number of thioether (sulfide) groups is 1. The van der Waals surface area contributed by atoms with Gasteiger partial charge in [0, 0.05) is 22.1 Å². The van der Waals surface area contributed by atoms with Crippen LogP contribution in [0.5, 0.6) is 0 Å². The van der Waals surface area contributed by atoms with E-state index in [1.165, 1.54) is 11.3 Å². The van der Waals surface area contributed by atoms with Crippen LogP contribution < -0.4 is 5.32 Å². The SMILES string of the molecule is CCC(CSC)NC(=O)c1cc(S)cs1. The highest BCUT2D eigenvalue weighted by Gasteiger charge is 2.12. The van der Waals surface area contributed by atoms with Gasteiger partial charge in [0.15, 0.2) is 0 Å². The third-order valence-corrected chi connectivity index (χ3v) is 4.10. The Kier molecular flexibility index (Phi) is 5.56. The standard InChI is InChI=1S/C10H15NOS3/c1-3-7(5-14-2)11-10(12)9-4-8(13)6-15-9/h4,6-7,13H,3,5H2,1-2H3,(H,11,12). The molecule has 1 unspecified atom stereocenters. The van der Waals surface area contributed by atoms with Gasteiger partial charge in [-0.05, 0) is 18.7 Å². The molecular formula is C10H15NOS3. The minimum absolute atomic E-state index is 0.0150. The zero-order valence-electron chi connectivity index (χ0n) is 8.82. The van der Waals surface area contributed by atoms with E-state index in [0.29, 0.717) is 0 Å². The second-order valence-electron chi connectivity index (χ2n) is 3.20. The summed E-state index contributed by atoms with van der Waals surface area (Å²) < 4.78 is 0. The van der Waals surface area contributed by atoms with Gasteiger partial charge >= 0.3 is 0 Å². The number of thiol groups is 1. The van der Waals surface area contributed by atoms with Crippen molar-refractivity contribution in [3.8, 4) is 0 Å². The first-order chi connectivity index (χ1) is 7.17. The van der Waals surface area contributed by atoms with Crippen LogP contribution in [-0.2, 0) is 0 Å². The van der Waals surface area contributed by atoms with Crippen LogP contribution in [0.25, 0.3) is 0 Å². The van der Waals surface area contributed by atoms with E-state index in [2.05, 4.69) is 24.9 Å². The monoisotopic (exact) mass is 261 g/mol. The molecule has 84 valence electrons. The molecule has 0 fully saturated rings. The lowest BCUT2D eigenvalue weighted by atomic mass is 10.2. The Morgan fingerprint density at radius 3 is 2.93 bits per heavy atom. The third-order valence-electron chi connectivity index (χ3n) is 2.01. The first kappa shape index (κ1) is 12.9. The Morgan fingerprint density at radius 2 is 2.47 bits per heavy atom. The average Bonchev–Trinajstić information content (AvgIpc) is 2.64. The Morgan fingerprint density at radius 1 is 1.73 bits per heavy atom. The molecule has 0 saturated carbocycles. The summed E-state index contributed by atoms with van der Waals surface area (Å²) in [7, 11) is 0. The Labute approximate surface area is 104 Å². The summed E-state index contributed by atoms with van der Waals surface area (Å²) in [6.45, 7) is 2.08. The highest BCUT2D eigenvalue weighted by Crippen LogP contribution is 2.17. The number of nitrogens with one attached hydrogen (secondary N) is 1. The molecule has 0 aliphatic carbocycles. The predicted octanol–water partition coefficient (Wildman–Crippen LogP) is 2.91. The van der Waals surface area contributed by atoms with Crippen LogP contribution in [0.4, 0.5) is 0 Å². The summed E-state index contributed by atoms with van der Waals surface area (Å²) in [5, 5.41) is 4.88. The van der Waals surface area contributed by atoms with Crippen LogP contribution in [-0.4, -0.2) is 24.0 Å². The maximum atomic E-state index is 11.8. The Hall–Kier alpha value is -0.130. The predicted molar refractivity (Wildman–Crippen MR) is 71.5 cm³/mol. The van der Waals surface area contributed by atoms with Crippen molar-refractivity contribution in [2.24, 2.45) is 0 Å². The second-order valence-corrected chi connectivity index (χ2v) is 5.54. The van der Waals surface area contributed by atoms with Crippen molar-refractivity contribution in [3.05, 3.63) is 16.3 Å². The fraction of sp³-hybridized carbons (Fsp3) is 0.500. The van der Waals surface area contributed by atoms with Gasteiger partial charge in [-0.1, -0.05) is 6.92 Å². The third kappa shape index (κ3) is 4.09. The smallest absolute Gasteiger partial charge is 0.261 e. The number of hydrogen-bond acceptors (Lipinski definition) is 4. The minimum atomic E-state index is 0.0150. The van der Waals surface area contributed by atoms with Crippen molar-refractivity contribution < 1.29 is 4.79 Å². The van der Waals surface area contributed by atoms with E-state index in [9.17, 15) is 4.79 Å². The van der Waals surface area contributed by atoms with Crippen LogP contribution in [0.15, 0.2) is 16.3 Å². The van der Waals surface area contributed by atoms with E-state index in [4.69, 9.17) is 0 Å². The fourth-order valence-electron chi connectivity index (χ4n) is 1.16. The molecular weight excluding hydrogens is 246 g/mol. The molecule has 1 aromatic rings. The van der Waals surface area contributed by atoms with Gasteiger partial charge in [0.05, 0.1) is 4.88 Å². The summed E-state index contributed by atoms with van der Waals surface area (Å²) >= 11 is 7.36. The van der Waals surface area contributed by atoms with Gasteiger partial charge in [-0.25, -0.2) is 0 Å².